The largest absolute Gasteiger partial charge is 0.379 e. The van der Waals surface area contributed by atoms with Crippen molar-refractivity contribution < 1.29 is 0 Å². The second kappa shape index (κ2) is 5.39. The molecule has 4 nitrogen and oxygen atoms in total. The molecule has 1 aliphatic heterocycles. The van der Waals surface area contributed by atoms with E-state index in [1.807, 2.05) is 23.7 Å². The summed E-state index contributed by atoms with van der Waals surface area (Å²) in [4.78, 5) is 4.71. The van der Waals surface area contributed by atoms with Gasteiger partial charge in [-0.25, -0.2) is 4.98 Å². The number of aromatic nitrogens is 3. The summed E-state index contributed by atoms with van der Waals surface area (Å²) < 4.78 is 2.04. The molecule has 0 fully saturated rings. The Bertz CT molecular complexity index is 917. The number of hydrogen-bond acceptors (Lipinski definition) is 3. The van der Waals surface area contributed by atoms with Gasteiger partial charge >= 0.3 is 0 Å². The van der Waals surface area contributed by atoms with E-state index in [9.17, 15) is 0 Å². The molecule has 4 rings (SSSR count). The number of benzene rings is 1. The zero-order valence-corrected chi connectivity index (χ0v) is 14.4. The van der Waals surface area contributed by atoms with Crippen molar-refractivity contribution in [2.45, 2.75) is 32.9 Å². The lowest BCUT2D eigenvalue weighted by Crippen LogP contribution is -2.29. The molecule has 1 aliphatic rings. The van der Waals surface area contributed by atoms with Gasteiger partial charge in [0.05, 0.1) is 17.3 Å². The number of hydrogen-bond donors (Lipinski definition) is 1. The van der Waals surface area contributed by atoms with Gasteiger partial charge in [0, 0.05) is 22.3 Å². The second-order valence-corrected chi connectivity index (χ2v) is 6.76. The molecule has 6 heteroatoms. The summed E-state index contributed by atoms with van der Waals surface area (Å²) in [5.41, 5.74) is 5.65. The lowest BCUT2D eigenvalue weighted by atomic mass is 10.1. The van der Waals surface area contributed by atoms with Gasteiger partial charge in [0.15, 0.2) is 0 Å². The third-order valence-electron chi connectivity index (χ3n) is 4.26. The van der Waals surface area contributed by atoms with Crippen molar-refractivity contribution in [1.82, 2.24) is 14.8 Å². The highest BCUT2D eigenvalue weighted by molar-refractivity contribution is 6.36. The SMILES string of the molecule is CC[C@@H]1Cn2nc(-c3ccc(Cl)cc3Cl)c3nc(C)cc(c32)N1. The van der Waals surface area contributed by atoms with Crippen LogP contribution in [0.15, 0.2) is 24.3 Å². The van der Waals surface area contributed by atoms with Crippen molar-refractivity contribution in [1.29, 1.82) is 0 Å². The summed E-state index contributed by atoms with van der Waals surface area (Å²) in [6.45, 7) is 5.00. The number of nitrogens with one attached hydrogen (secondary N) is 1. The number of pyridine rings is 1. The molecule has 1 aromatic carbocycles. The summed E-state index contributed by atoms with van der Waals surface area (Å²) in [6, 6.07) is 7.93. The van der Waals surface area contributed by atoms with Gasteiger partial charge in [0.1, 0.15) is 16.7 Å². The fourth-order valence-electron chi connectivity index (χ4n) is 3.12. The quantitative estimate of drug-likeness (QED) is 0.716. The summed E-state index contributed by atoms with van der Waals surface area (Å²) in [5.74, 6) is 0. The molecule has 3 aromatic rings. The van der Waals surface area contributed by atoms with Crippen LogP contribution in [0.4, 0.5) is 5.69 Å². The minimum Gasteiger partial charge on any atom is -0.379 e. The molecule has 23 heavy (non-hydrogen) atoms. The van der Waals surface area contributed by atoms with Crippen molar-refractivity contribution in [3.8, 4) is 11.3 Å². The Balaban J connectivity index is 2.00. The Labute approximate surface area is 144 Å². The van der Waals surface area contributed by atoms with Crippen LogP contribution in [0.2, 0.25) is 10.0 Å². The third kappa shape index (κ3) is 2.37. The van der Waals surface area contributed by atoms with Crippen LogP contribution in [-0.2, 0) is 6.54 Å². The van der Waals surface area contributed by atoms with Gasteiger partial charge in [0.2, 0.25) is 0 Å². The van der Waals surface area contributed by atoms with Gasteiger partial charge in [-0.2, -0.15) is 5.10 Å². The van der Waals surface area contributed by atoms with Gasteiger partial charge in [-0.1, -0.05) is 30.1 Å². The molecule has 0 saturated heterocycles. The number of rotatable bonds is 2. The van der Waals surface area contributed by atoms with E-state index in [1.165, 1.54) is 0 Å². The van der Waals surface area contributed by atoms with E-state index < -0.39 is 0 Å². The zero-order chi connectivity index (χ0) is 16.1. The molecule has 1 atom stereocenters. The van der Waals surface area contributed by atoms with Crippen LogP contribution in [0.3, 0.4) is 0 Å². The molecule has 0 amide bonds. The molecule has 0 aliphatic carbocycles. The predicted molar refractivity (Wildman–Crippen MR) is 95.4 cm³/mol. The molecule has 3 heterocycles. The lowest BCUT2D eigenvalue weighted by Gasteiger charge is -2.24. The number of anilines is 1. The van der Waals surface area contributed by atoms with Crippen LogP contribution in [-0.4, -0.2) is 20.8 Å². The predicted octanol–water partition coefficient (Wildman–Crippen LogP) is 4.92. The maximum absolute atomic E-state index is 6.39. The maximum atomic E-state index is 6.39. The van der Waals surface area contributed by atoms with Gasteiger partial charge in [-0.05, 0) is 37.6 Å². The first-order valence-corrected chi connectivity index (χ1v) is 8.42. The molecular formula is C17H16Cl2N4. The van der Waals surface area contributed by atoms with E-state index in [2.05, 4.69) is 18.3 Å². The van der Waals surface area contributed by atoms with Crippen LogP contribution in [0.5, 0.6) is 0 Å². The monoisotopic (exact) mass is 346 g/mol. The standard InChI is InChI=1S/C17H16Cl2N4/c1-3-11-8-23-17-14(21-11)6-9(2)20-16(17)15(22-23)12-5-4-10(18)7-13(12)19/h4-7,11,21H,3,8H2,1-2H3/t11-/m1/s1. The van der Waals surface area contributed by atoms with Gasteiger partial charge in [-0.15, -0.1) is 0 Å². The molecule has 0 bridgehead atoms. The van der Waals surface area contributed by atoms with Crippen LogP contribution in [0.25, 0.3) is 22.3 Å². The fourth-order valence-corrected chi connectivity index (χ4v) is 3.62. The molecule has 0 radical (unpaired) electrons. The van der Waals surface area contributed by atoms with Crippen molar-refractivity contribution >= 4 is 39.9 Å². The maximum Gasteiger partial charge on any atom is 0.120 e. The summed E-state index contributed by atoms with van der Waals surface area (Å²) in [5, 5.41) is 9.60. The van der Waals surface area contributed by atoms with Crippen molar-refractivity contribution in [2.24, 2.45) is 0 Å². The average molecular weight is 347 g/mol. The Kier molecular flexibility index (Phi) is 3.47. The number of nitrogens with zero attached hydrogens (tertiary/aromatic N) is 3. The molecular weight excluding hydrogens is 331 g/mol. The van der Waals surface area contributed by atoms with E-state index in [0.29, 0.717) is 16.1 Å². The van der Waals surface area contributed by atoms with Crippen molar-refractivity contribution in [3.05, 3.63) is 40.0 Å². The number of aryl methyl sites for hydroxylation is 1. The molecule has 0 unspecified atom stereocenters. The van der Waals surface area contributed by atoms with Gasteiger partial charge in [-0.3, -0.25) is 4.68 Å². The molecule has 0 saturated carbocycles. The lowest BCUT2D eigenvalue weighted by molar-refractivity contribution is 0.527. The highest BCUT2D eigenvalue weighted by atomic mass is 35.5. The Morgan fingerprint density at radius 2 is 2.13 bits per heavy atom. The van der Waals surface area contributed by atoms with Crippen molar-refractivity contribution in [2.75, 3.05) is 5.32 Å². The minimum atomic E-state index is 0.376. The average Bonchev–Trinajstić information content (AvgIpc) is 2.86. The number of halogens is 2. The smallest absolute Gasteiger partial charge is 0.120 e. The zero-order valence-electron chi connectivity index (χ0n) is 12.9. The summed E-state index contributed by atoms with van der Waals surface area (Å²) in [6.07, 6.45) is 1.04. The third-order valence-corrected chi connectivity index (χ3v) is 4.80. The van der Waals surface area contributed by atoms with Crippen LogP contribution in [0, 0.1) is 6.92 Å². The summed E-state index contributed by atoms with van der Waals surface area (Å²) in [7, 11) is 0. The highest BCUT2D eigenvalue weighted by Gasteiger charge is 2.25. The van der Waals surface area contributed by atoms with E-state index in [4.69, 9.17) is 33.3 Å². The molecule has 0 spiro atoms. The highest BCUT2D eigenvalue weighted by Crippen LogP contribution is 2.37. The molecule has 1 N–H and O–H groups in total. The topological polar surface area (TPSA) is 42.7 Å². The van der Waals surface area contributed by atoms with E-state index in [0.717, 1.165) is 46.6 Å². The Hall–Kier alpha value is -1.78. The first-order valence-electron chi connectivity index (χ1n) is 7.67. The molecule has 2 aromatic heterocycles. The summed E-state index contributed by atoms with van der Waals surface area (Å²) >= 11 is 12.4. The Morgan fingerprint density at radius 1 is 1.30 bits per heavy atom. The minimum absolute atomic E-state index is 0.376. The van der Waals surface area contributed by atoms with E-state index >= 15 is 0 Å². The molecule has 118 valence electrons. The first kappa shape index (κ1) is 14.8. The van der Waals surface area contributed by atoms with Gasteiger partial charge in [0.25, 0.3) is 0 Å². The fraction of sp³-hybridized carbons (Fsp3) is 0.294. The van der Waals surface area contributed by atoms with Crippen molar-refractivity contribution in [3.63, 3.8) is 0 Å². The van der Waals surface area contributed by atoms with E-state index in [-0.39, 0.29) is 0 Å². The van der Waals surface area contributed by atoms with Crippen LogP contribution < -0.4 is 5.32 Å². The van der Waals surface area contributed by atoms with Crippen LogP contribution >= 0.6 is 23.2 Å². The second-order valence-electron chi connectivity index (χ2n) is 5.91. The van der Waals surface area contributed by atoms with E-state index in [1.54, 1.807) is 6.07 Å². The van der Waals surface area contributed by atoms with Crippen LogP contribution in [0.1, 0.15) is 19.0 Å². The first-order chi connectivity index (χ1) is 11.1. The van der Waals surface area contributed by atoms with Gasteiger partial charge < -0.3 is 5.32 Å². The normalized spacial score (nSPS) is 16.6. The Morgan fingerprint density at radius 3 is 2.87 bits per heavy atom.